The second-order valence-electron chi connectivity index (χ2n) is 9.04. The van der Waals surface area contributed by atoms with Gasteiger partial charge in [0.1, 0.15) is 28.4 Å². The first-order valence-corrected chi connectivity index (χ1v) is 12.2. The summed E-state index contributed by atoms with van der Waals surface area (Å²) in [5, 5.41) is 28.3. The molecular formula is C23H20BrCl2N5O2. The van der Waals surface area contributed by atoms with Gasteiger partial charge in [-0.1, -0.05) is 35.3 Å². The highest BCUT2D eigenvalue weighted by Gasteiger charge is 2.56. The third kappa shape index (κ3) is 3.38. The van der Waals surface area contributed by atoms with E-state index in [1.807, 2.05) is 35.0 Å². The summed E-state index contributed by atoms with van der Waals surface area (Å²) >= 11 is 15.8. The molecule has 0 amide bonds. The van der Waals surface area contributed by atoms with Gasteiger partial charge in [0, 0.05) is 29.6 Å². The van der Waals surface area contributed by atoms with Crippen molar-refractivity contribution in [2.75, 3.05) is 6.54 Å². The minimum atomic E-state index is -0.913. The first-order valence-electron chi connectivity index (χ1n) is 10.7. The van der Waals surface area contributed by atoms with Crippen LogP contribution in [-0.2, 0) is 0 Å². The van der Waals surface area contributed by atoms with E-state index < -0.39 is 17.6 Å². The van der Waals surface area contributed by atoms with Crippen LogP contribution in [0.1, 0.15) is 30.5 Å². The van der Waals surface area contributed by atoms with E-state index in [1.54, 1.807) is 0 Å². The number of aromatic nitrogens is 4. The lowest BCUT2D eigenvalue weighted by molar-refractivity contribution is -0.0218. The van der Waals surface area contributed by atoms with Gasteiger partial charge in [-0.05, 0) is 52.5 Å². The number of benzene rings is 1. The molecule has 1 spiro atoms. The van der Waals surface area contributed by atoms with Crippen LogP contribution >= 0.6 is 39.1 Å². The molecule has 1 aliphatic heterocycles. The Hall–Kier alpha value is -1.81. The molecule has 0 radical (unpaired) electrons. The molecule has 7 nitrogen and oxygen atoms in total. The fourth-order valence-corrected chi connectivity index (χ4v) is 6.22. The number of aliphatic hydroxyl groups is 2. The molecule has 1 aromatic carbocycles. The van der Waals surface area contributed by atoms with Crippen LogP contribution in [0.4, 0.5) is 0 Å². The van der Waals surface area contributed by atoms with Crippen molar-refractivity contribution in [2.45, 2.75) is 37.1 Å². The zero-order chi connectivity index (χ0) is 22.9. The zero-order valence-corrected chi connectivity index (χ0v) is 20.4. The van der Waals surface area contributed by atoms with Crippen LogP contribution in [0.15, 0.2) is 47.3 Å². The average Bonchev–Trinajstić information content (AvgIpc) is 3.48. The number of pyridine rings is 1. The van der Waals surface area contributed by atoms with Gasteiger partial charge in [0.05, 0.1) is 27.5 Å². The highest BCUT2D eigenvalue weighted by Crippen LogP contribution is 2.52. The summed E-state index contributed by atoms with van der Waals surface area (Å²) in [4.78, 5) is 12.9. The Morgan fingerprint density at radius 2 is 1.94 bits per heavy atom. The van der Waals surface area contributed by atoms with Gasteiger partial charge in [-0.25, -0.2) is 15.0 Å². The van der Waals surface area contributed by atoms with Crippen LogP contribution in [0.2, 0.25) is 10.3 Å². The van der Waals surface area contributed by atoms with Crippen molar-refractivity contribution in [3.05, 3.63) is 63.2 Å². The molecule has 5 atom stereocenters. The van der Waals surface area contributed by atoms with Crippen LogP contribution in [0.25, 0.3) is 21.9 Å². The molecule has 2 aliphatic rings. The van der Waals surface area contributed by atoms with E-state index in [4.69, 9.17) is 23.2 Å². The third-order valence-corrected chi connectivity index (χ3v) is 8.67. The number of hydrogen-bond acceptors (Lipinski definition) is 6. The maximum absolute atomic E-state index is 11.2. The lowest BCUT2D eigenvalue weighted by atomic mass is 9.80. The van der Waals surface area contributed by atoms with Gasteiger partial charge in [-0.3, -0.25) is 0 Å². The Kier molecular flexibility index (Phi) is 5.17. The molecule has 6 rings (SSSR count). The van der Waals surface area contributed by atoms with Gasteiger partial charge in [0.2, 0.25) is 0 Å². The third-order valence-electron chi connectivity index (χ3n) is 7.24. The predicted octanol–water partition coefficient (Wildman–Crippen LogP) is 4.44. The van der Waals surface area contributed by atoms with Crippen LogP contribution < -0.4 is 5.32 Å². The monoisotopic (exact) mass is 547 g/mol. The minimum Gasteiger partial charge on any atom is -0.390 e. The summed E-state index contributed by atoms with van der Waals surface area (Å²) in [6.07, 6.45) is 2.83. The van der Waals surface area contributed by atoms with E-state index in [0.717, 1.165) is 26.3 Å². The molecular weight excluding hydrogens is 529 g/mol. The Bertz CT molecular complexity index is 1400. The quantitative estimate of drug-likeness (QED) is 0.253. The second kappa shape index (κ2) is 7.86. The molecule has 1 aliphatic carbocycles. The average molecular weight is 549 g/mol. The molecule has 3 aromatic heterocycles. The molecule has 2 fully saturated rings. The van der Waals surface area contributed by atoms with Gasteiger partial charge in [0.15, 0.2) is 0 Å². The van der Waals surface area contributed by atoms with E-state index >= 15 is 0 Å². The summed E-state index contributed by atoms with van der Waals surface area (Å²) in [6, 6.07) is 9.69. The van der Waals surface area contributed by atoms with Gasteiger partial charge in [0.25, 0.3) is 0 Å². The molecule has 1 saturated carbocycles. The summed E-state index contributed by atoms with van der Waals surface area (Å²) in [6.45, 7) is 0.605. The molecule has 0 unspecified atom stereocenters. The zero-order valence-electron chi connectivity index (χ0n) is 17.3. The number of aliphatic hydroxyl groups excluding tert-OH is 2. The molecule has 10 heteroatoms. The van der Waals surface area contributed by atoms with E-state index in [-0.39, 0.29) is 12.1 Å². The van der Waals surface area contributed by atoms with Crippen LogP contribution in [-0.4, -0.2) is 48.5 Å². The van der Waals surface area contributed by atoms with Crippen LogP contribution in [0.5, 0.6) is 0 Å². The normalized spacial score (nSPS) is 29.6. The van der Waals surface area contributed by atoms with Gasteiger partial charge in [-0.15, -0.1) is 0 Å². The smallest absolute Gasteiger partial charge is 0.145 e. The highest BCUT2D eigenvalue weighted by molar-refractivity contribution is 9.10. The Morgan fingerprint density at radius 3 is 2.79 bits per heavy atom. The van der Waals surface area contributed by atoms with Crippen molar-refractivity contribution in [3.8, 4) is 0 Å². The summed E-state index contributed by atoms with van der Waals surface area (Å²) in [5.41, 5.74) is 2.11. The van der Waals surface area contributed by atoms with E-state index in [9.17, 15) is 10.2 Å². The van der Waals surface area contributed by atoms with Crippen molar-refractivity contribution >= 4 is 61.1 Å². The minimum absolute atomic E-state index is 0.0393. The molecule has 33 heavy (non-hydrogen) atoms. The fourth-order valence-electron chi connectivity index (χ4n) is 5.55. The number of nitrogens with zero attached hydrogens (tertiary/aromatic N) is 4. The molecule has 1 saturated heterocycles. The number of halogens is 3. The van der Waals surface area contributed by atoms with Gasteiger partial charge < -0.3 is 20.1 Å². The van der Waals surface area contributed by atoms with Gasteiger partial charge in [-0.2, -0.15) is 0 Å². The number of rotatable bonds is 2. The highest BCUT2D eigenvalue weighted by atomic mass is 79.9. The van der Waals surface area contributed by atoms with Gasteiger partial charge >= 0.3 is 0 Å². The predicted molar refractivity (Wildman–Crippen MR) is 130 cm³/mol. The first kappa shape index (κ1) is 21.7. The van der Waals surface area contributed by atoms with Crippen molar-refractivity contribution in [2.24, 2.45) is 5.41 Å². The molecule has 4 aromatic rings. The number of hydrogen-bond donors (Lipinski definition) is 3. The molecule has 0 bridgehead atoms. The first-order chi connectivity index (χ1) is 15.9. The molecule has 170 valence electrons. The van der Waals surface area contributed by atoms with E-state index in [0.29, 0.717) is 35.3 Å². The van der Waals surface area contributed by atoms with E-state index in [2.05, 4.69) is 42.3 Å². The number of nitrogens with one attached hydrogen (secondary N) is 1. The molecule has 3 N–H and O–H groups in total. The fraction of sp³-hybridized carbons (Fsp3) is 0.348. The summed E-state index contributed by atoms with van der Waals surface area (Å²) < 4.78 is 2.68. The van der Waals surface area contributed by atoms with E-state index in [1.165, 1.54) is 6.33 Å². The van der Waals surface area contributed by atoms with Crippen molar-refractivity contribution in [3.63, 3.8) is 0 Å². The maximum Gasteiger partial charge on any atom is 0.145 e. The Balaban J connectivity index is 1.30. The maximum atomic E-state index is 11.2. The lowest BCUT2D eigenvalue weighted by Crippen LogP contribution is -2.38. The SMILES string of the molecule is O[C@H]1[C@H](n2ccc3c(Cl)ncnc32)C[C@@]2(CN[C@@H](c3ccc4cc(Br)c(Cl)nc4c3)C2)[C@H]1O. The Labute approximate surface area is 207 Å². The largest absolute Gasteiger partial charge is 0.390 e. The van der Waals surface area contributed by atoms with Crippen molar-refractivity contribution in [1.82, 2.24) is 24.8 Å². The topological polar surface area (TPSA) is 96.1 Å². The summed E-state index contributed by atoms with van der Waals surface area (Å²) in [5.74, 6) is 0. The van der Waals surface area contributed by atoms with Crippen LogP contribution in [0, 0.1) is 5.41 Å². The standard InChI is InChI=1S/C23H20BrCl2N5O2/c24-14-5-11-1-2-12(6-15(11)30-21(14)26)16-7-23(9-27-16)8-17(18(32)19(23)33)31-4-3-13-20(25)28-10-29-22(13)31/h1-6,10,16-19,27,32-33H,7-9H2/t16-,17-,18+,19+,23+/m1/s1. The number of fused-ring (bicyclic) bond motifs is 2. The molecule has 4 heterocycles. The second-order valence-corrected chi connectivity index (χ2v) is 10.6. The van der Waals surface area contributed by atoms with Crippen molar-refractivity contribution in [1.29, 1.82) is 0 Å². The lowest BCUT2D eigenvalue weighted by Gasteiger charge is -2.27. The summed E-state index contributed by atoms with van der Waals surface area (Å²) in [7, 11) is 0. The van der Waals surface area contributed by atoms with Crippen LogP contribution in [0.3, 0.4) is 0 Å². The Morgan fingerprint density at radius 1 is 1.09 bits per heavy atom. The van der Waals surface area contributed by atoms with Crippen molar-refractivity contribution < 1.29 is 10.2 Å².